The summed E-state index contributed by atoms with van der Waals surface area (Å²) in [6.07, 6.45) is 3.03. The van der Waals surface area contributed by atoms with Gasteiger partial charge in [0.25, 0.3) is 0 Å². The summed E-state index contributed by atoms with van der Waals surface area (Å²) >= 11 is 1.46. The van der Waals surface area contributed by atoms with Gasteiger partial charge in [-0.2, -0.15) is 0 Å². The van der Waals surface area contributed by atoms with Crippen LogP contribution in [0.1, 0.15) is 42.4 Å². The number of carbonyl (C=O) groups excluding carboxylic acids is 1. The number of nitrogens with one attached hydrogen (secondary N) is 2. The van der Waals surface area contributed by atoms with E-state index in [0.717, 1.165) is 11.3 Å². The molecule has 1 unspecified atom stereocenters. The number of carbonyl (C=O) groups is 1. The van der Waals surface area contributed by atoms with Gasteiger partial charge in [-0.15, -0.1) is 11.3 Å². The summed E-state index contributed by atoms with van der Waals surface area (Å²) in [7, 11) is 0. The SMILES string of the molecule is O=C(NCC(CCO)c1ccccc1)Nc1nc(C2CC2)cs1. The largest absolute Gasteiger partial charge is 0.396 e. The van der Waals surface area contributed by atoms with E-state index in [1.807, 2.05) is 35.7 Å². The summed E-state index contributed by atoms with van der Waals surface area (Å²) in [5.74, 6) is 0.696. The Kier molecular flexibility index (Phi) is 5.25. The molecule has 0 radical (unpaired) electrons. The first kappa shape index (κ1) is 16.0. The van der Waals surface area contributed by atoms with E-state index in [4.69, 9.17) is 0 Å². The minimum absolute atomic E-state index is 0.0973. The minimum Gasteiger partial charge on any atom is -0.396 e. The van der Waals surface area contributed by atoms with Gasteiger partial charge >= 0.3 is 6.03 Å². The van der Waals surface area contributed by atoms with Crippen LogP contribution in [0.5, 0.6) is 0 Å². The van der Waals surface area contributed by atoms with Gasteiger partial charge in [-0.1, -0.05) is 30.3 Å². The van der Waals surface area contributed by atoms with Crippen molar-refractivity contribution >= 4 is 22.5 Å². The van der Waals surface area contributed by atoms with Crippen molar-refractivity contribution in [2.45, 2.75) is 31.1 Å². The van der Waals surface area contributed by atoms with Crippen LogP contribution in [-0.4, -0.2) is 29.3 Å². The molecule has 23 heavy (non-hydrogen) atoms. The molecule has 3 rings (SSSR count). The van der Waals surface area contributed by atoms with Crippen LogP contribution in [0.2, 0.25) is 0 Å². The summed E-state index contributed by atoms with van der Waals surface area (Å²) < 4.78 is 0. The second-order valence-electron chi connectivity index (χ2n) is 5.81. The Bertz CT molecular complexity index is 640. The average molecular weight is 331 g/mol. The molecule has 2 aromatic rings. The maximum absolute atomic E-state index is 12.0. The van der Waals surface area contributed by atoms with Gasteiger partial charge in [0.1, 0.15) is 0 Å². The van der Waals surface area contributed by atoms with Crippen molar-refractivity contribution in [3.63, 3.8) is 0 Å². The molecule has 1 aromatic heterocycles. The van der Waals surface area contributed by atoms with Crippen molar-refractivity contribution in [3.05, 3.63) is 47.0 Å². The number of aromatic nitrogens is 1. The number of urea groups is 1. The van der Waals surface area contributed by atoms with Gasteiger partial charge < -0.3 is 10.4 Å². The molecule has 0 bridgehead atoms. The average Bonchev–Trinajstić information content (AvgIpc) is 3.32. The van der Waals surface area contributed by atoms with Crippen molar-refractivity contribution in [2.24, 2.45) is 0 Å². The number of anilines is 1. The first-order valence-corrected chi connectivity index (χ1v) is 8.80. The lowest BCUT2D eigenvalue weighted by atomic mass is 9.96. The van der Waals surface area contributed by atoms with Gasteiger partial charge in [0.15, 0.2) is 5.13 Å². The van der Waals surface area contributed by atoms with Crippen molar-refractivity contribution in [1.29, 1.82) is 0 Å². The zero-order valence-electron chi connectivity index (χ0n) is 12.9. The van der Waals surface area contributed by atoms with Gasteiger partial charge in [-0.25, -0.2) is 9.78 Å². The molecular weight excluding hydrogens is 310 g/mol. The summed E-state index contributed by atoms with van der Waals surface area (Å²) in [6, 6.07) is 9.68. The maximum Gasteiger partial charge on any atom is 0.321 e. The van der Waals surface area contributed by atoms with Crippen LogP contribution < -0.4 is 10.6 Å². The van der Waals surface area contributed by atoms with Gasteiger partial charge in [-0.05, 0) is 24.8 Å². The number of rotatable bonds is 7. The lowest BCUT2D eigenvalue weighted by Crippen LogP contribution is -2.32. The molecule has 2 amide bonds. The quantitative estimate of drug-likeness (QED) is 0.729. The van der Waals surface area contributed by atoms with Crippen LogP contribution in [0.4, 0.5) is 9.93 Å². The van der Waals surface area contributed by atoms with Crippen LogP contribution in [0.25, 0.3) is 0 Å². The normalized spacial score (nSPS) is 15.2. The third kappa shape index (κ3) is 4.53. The summed E-state index contributed by atoms with van der Waals surface area (Å²) in [5.41, 5.74) is 2.21. The molecule has 0 spiro atoms. The Morgan fingerprint density at radius 2 is 2.13 bits per heavy atom. The molecule has 1 heterocycles. The van der Waals surface area contributed by atoms with Gasteiger partial charge in [-0.3, -0.25) is 5.32 Å². The highest BCUT2D eigenvalue weighted by Gasteiger charge is 2.26. The predicted molar refractivity (Wildman–Crippen MR) is 92.0 cm³/mol. The highest BCUT2D eigenvalue weighted by Crippen LogP contribution is 2.40. The van der Waals surface area contributed by atoms with Gasteiger partial charge in [0, 0.05) is 30.4 Å². The number of hydrogen-bond acceptors (Lipinski definition) is 4. The Labute approximate surface area is 139 Å². The van der Waals surface area contributed by atoms with Crippen LogP contribution >= 0.6 is 11.3 Å². The molecular formula is C17H21N3O2S. The molecule has 1 atom stereocenters. The van der Waals surface area contributed by atoms with E-state index in [1.165, 1.54) is 24.2 Å². The first-order valence-electron chi connectivity index (χ1n) is 7.92. The van der Waals surface area contributed by atoms with Gasteiger partial charge in [0.05, 0.1) is 5.69 Å². The molecule has 1 aromatic carbocycles. The zero-order chi connectivity index (χ0) is 16.1. The van der Waals surface area contributed by atoms with Crippen molar-refractivity contribution in [1.82, 2.24) is 10.3 Å². The first-order chi connectivity index (χ1) is 11.3. The lowest BCUT2D eigenvalue weighted by molar-refractivity contribution is 0.248. The molecule has 5 nitrogen and oxygen atoms in total. The molecule has 1 aliphatic rings. The minimum atomic E-state index is -0.249. The van der Waals surface area contributed by atoms with Crippen LogP contribution in [0.3, 0.4) is 0 Å². The van der Waals surface area contributed by atoms with E-state index < -0.39 is 0 Å². The Hall–Kier alpha value is -1.92. The van der Waals surface area contributed by atoms with E-state index in [0.29, 0.717) is 24.0 Å². The number of aliphatic hydroxyl groups excluding tert-OH is 1. The van der Waals surface area contributed by atoms with E-state index in [9.17, 15) is 9.90 Å². The Balaban J connectivity index is 1.51. The summed E-state index contributed by atoms with van der Waals surface area (Å²) in [4.78, 5) is 16.5. The smallest absolute Gasteiger partial charge is 0.321 e. The van der Waals surface area contributed by atoms with Crippen LogP contribution in [0.15, 0.2) is 35.7 Å². The lowest BCUT2D eigenvalue weighted by Gasteiger charge is -2.17. The van der Waals surface area contributed by atoms with Crippen molar-refractivity contribution in [2.75, 3.05) is 18.5 Å². The molecule has 0 aliphatic heterocycles. The molecule has 1 saturated carbocycles. The number of thiazole rings is 1. The van der Waals surface area contributed by atoms with Crippen molar-refractivity contribution in [3.8, 4) is 0 Å². The molecule has 1 aliphatic carbocycles. The fourth-order valence-corrected chi connectivity index (χ4v) is 3.32. The fourth-order valence-electron chi connectivity index (χ4n) is 2.54. The number of benzene rings is 1. The van der Waals surface area contributed by atoms with E-state index in [1.54, 1.807) is 0 Å². The van der Waals surface area contributed by atoms with Crippen molar-refractivity contribution < 1.29 is 9.90 Å². The Morgan fingerprint density at radius 3 is 2.83 bits per heavy atom. The molecule has 1 fully saturated rings. The highest BCUT2D eigenvalue weighted by atomic mass is 32.1. The fraction of sp³-hybridized carbons (Fsp3) is 0.412. The van der Waals surface area contributed by atoms with E-state index in [2.05, 4.69) is 15.6 Å². The predicted octanol–water partition coefficient (Wildman–Crippen LogP) is 3.31. The molecule has 6 heteroatoms. The molecule has 122 valence electrons. The maximum atomic E-state index is 12.0. The third-order valence-electron chi connectivity index (χ3n) is 4.00. The summed E-state index contributed by atoms with van der Waals surface area (Å²) in [6.45, 7) is 0.581. The van der Waals surface area contributed by atoms with E-state index in [-0.39, 0.29) is 18.6 Å². The monoisotopic (exact) mass is 331 g/mol. The standard InChI is InChI=1S/C17H21N3O2S/c21-9-8-14(12-4-2-1-3-5-12)10-18-16(22)20-17-19-15(11-23-17)13-6-7-13/h1-5,11,13-14,21H,6-10H2,(H2,18,19,20,22). The number of aliphatic hydroxyl groups is 1. The second kappa shape index (κ2) is 7.57. The van der Waals surface area contributed by atoms with E-state index >= 15 is 0 Å². The Morgan fingerprint density at radius 1 is 1.35 bits per heavy atom. The zero-order valence-corrected chi connectivity index (χ0v) is 13.7. The van der Waals surface area contributed by atoms with Crippen LogP contribution in [0, 0.1) is 0 Å². The molecule has 3 N–H and O–H groups in total. The topological polar surface area (TPSA) is 74.2 Å². The number of nitrogens with zero attached hydrogens (tertiary/aromatic N) is 1. The van der Waals surface area contributed by atoms with Gasteiger partial charge in [0.2, 0.25) is 0 Å². The molecule has 0 saturated heterocycles. The van der Waals surface area contributed by atoms with Crippen LogP contribution in [-0.2, 0) is 0 Å². The second-order valence-corrected chi connectivity index (χ2v) is 6.66. The highest BCUT2D eigenvalue weighted by molar-refractivity contribution is 7.13. The summed E-state index contributed by atoms with van der Waals surface area (Å²) in [5, 5.41) is 17.5. The third-order valence-corrected chi connectivity index (χ3v) is 4.77. The number of hydrogen-bond donors (Lipinski definition) is 3. The number of amides is 2.